The molecule has 346 valence electrons. The highest BCUT2D eigenvalue weighted by molar-refractivity contribution is 8.76. The maximum absolute atomic E-state index is 13.5. The molecule has 2 aliphatic heterocycles. The summed E-state index contributed by atoms with van der Waals surface area (Å²) in [5.41, 5.74) is -0.925. The van der Waals surface area contributed by atoms with Gasteiger partial charge in [0, 0.05) is 30.8 Å². The topological polar surface area (TPSA) is 213 Å². The highest BCUT2D eigenvalue weighted by atomic mass is 33.1. The average molecular weight is 928 g/mol. The van der Waals surface area contributed by atoms with Crippen LogP contribution in [0.2, 0.25) is 0 Å². The van der Waals surface area contributed by atoms with Crippen LogP contribution in [0.3, 0.4) is 0 Å². The summed E-state index contributed by atoms with van der Waals surface area (Å²) >= 11 is 0. The molecule has 7 N–H and O–H groups in total. The second-order valence-electron chi connectivity index (χ2n) is 16.7. The number of H-pyrrole nitrogens is 1. The summed E-state index contributed by atoms with van der Waals surface area (Å²) < 4.78 is 24.1. The Kier molecular flexibility index (Phi) is 16.3. The number of hydrogen-bond donors (Lipinski definition) is 7. The van der Waals surface area contributed by atoms with Gasteiger partial charge in [0.15, 0.2) is 29.0 Å². The van der Waals surface area contributed by atoms with Crippen LogP contribution in [0.5, 0.6) is 11.5 Å². The smallest absolute Gasteiger partial charge is 0.335 e. The first-order chi connectivity index (χ1) is 31.5. The van der Waals surface area contributed by atoms with Crippen LogP contribution in [0, 0.1) is 11.8 Å². The molecule has 7 rings (SSSR count). The van der Waals surface area contributed by atoms with Crippen molar-refractivity contribution >= 4 is 50.9 Å². The van der Waals surface area contributed by atoms with Gasteiger partial charge < -0.3 is 54.7 Å². The van der Waals surface area contributed by atoms with E-state index < -0.39 is 42.2 Å². The summed E-state index contributed by atoms with van der Waals surface area (Å²) in [4.78, 5) is 42.7. The minimum atomic E-state index is -2.54. The lowest BCUT2D eigenvalue weighted by molar-refractivity contribution is -0.340. The van der Waals surface area contributed by atoms with E-state index in [2.05, 4.69) is 71.9 Å². The number of fused-ring (bicyclic) bond motifs is 2. The number of carboxylic acids is 1. The minimum Gasteiger partial charge on any atom is -0.508 e. The van der Waals surface area contributed by atoms with Gasteiger partial charge in [-0.05, 0) is 116 Å². The van der Waals surface area contributed by atoms with Gasteiger partial charge in [-0.1, -0.05) is 84.0 Å². The molecule has 65 heavy (non-hydrogen) atoms. The molecule has 2 saturated heterocycles. The van der Waals surface area contributed by atoms with Gasteiger partial charge in [-0.3, -0.25) is 9.59 Å². The van der Waals surface area contributed by atoms with E-state index >= 15 is 0 Å². The summed E-state index contributed by atoms with van der Waals surface area (Å²) in [7, 11) is 2.79. The normalized spacial score (nSPS) is 25.9. The number of carbonyl (C=O) groups excluding carboxylic acids is 1. The lowest BCUT2D eigenvalue weighted by Crippen LogP contribution is -2.80. The Bertz CT molecular complexity index is 2450. The first-order valence-electron chi connectivity index (χ1n) is 21.9. The van der Waals surface area contributed by atoms with E-state index in [9.17, 15) is 34.8 Å². The largest absolute Gasteiger partial charge is 0.508 e. The number of aliphatic carboxylic acids is 1. The number of aryl methyl sites for hydroxylation is 1. The van der Waals surface area contributed by atoms with Crippen LogP contribution < -0.4 is 20.8 Å². The molecule has 2 fully saturated rings. The summed E-state index contributed by atoms with van der Waals surface area (Å²) in [6.45, 7) is 6.25. The van der Waals surface area contributed by atoms with Gasteiger partial charge in [0.1, 0.15) is 35.4 Å². The number of aliphatic hydroxyl groups excluding tert-OH is 1. The molecule has 3 aromatic carbocycles. The number of allylic oxidation sites excluding steroid dienone is 1. The Balaban J connectivity index is 1.17. The third-order valence-corrected chi connectivity index (χ3v) is 14.6. The van der Waals surface area contributed by atoms with Gasteiger partial charge >= 0.3 is 5.97 Å². The molecule has 5 aromatic rings. The van der Waals surface area contributed by atoms with Crippen LogP contribution in [0.15, 0.2) is 107 Å². The van der Waals surface area contributed by atoms with Gasteiger partial charge in [-0.25, -0.2) is 4.79 Å². The number of hydrogen-bond acceptors (Lipinski definition) is 14. The highest BCUT2D eigenvalue weighted by Gasteiger charge is 2.69. The molecular formula is C49H57N3O11S2. The van der Waals surface area contributed by atoms with Crippen molar-refractivity contribution in [1.82, 2.24) is 15.6 Å². The molecule has 0 radical (unpaired) electrons. The van der Waals surface area contributed by atoms with Crippen molar-refractivity contribution in [3.63, 3.8) is 0 Å². The van der Waals surface area contributed by atoms with E-state index in [1.807, 2.05) is 12.4 Å². The Morgan fingerprint density at radius 3 is 2.66 bits per heavy atom. The van der Waals surface area contributed by atoms with Crippen LogP contribution >= 0.6 is 21.6 Å². The summed E-state index contributed by atoms with van der Waals surface area (Å²) in [5, 5.41) is 51.6. The molecule has 2 aromatic heterocycles. The Morgan fingerprint density at radius 1 is 1.09 bits per heavy atom. The Labute approximate surface area is 385 Å². The number of aromatic hydroxyl groups is 1. The van der Waals surface area contributed by atoms with E-state index in [0.29, 0.717) is 17.9 Å². The number of ether oxygens (including phenoxy) is 3. The molecule has 2 aliphatic rings. The first kappa shape index (κ1) is 48.0. The van der Waals surface area contributed by atoms with E-state index in [0.717, 1.165) is 44.3 Å². The highest BCUT2D eigenvalue weighted by Crippen LogP contribution is 2.44. The van der Waals surface area contributed by atoms with Crippen molar-refractivity contribution in [2.75, 3.05) is 37.9 Å². The predicted octanol–water partition coefficient (Wildman–Crippen LogP) is 6.74. The lowest BCUT2D eigenvalue weighted by Gasteiger charge is -2.53. The number of carbonyl (C=O) groups is 2. The SMILES string of the molecule is CCCNCCCc1ccccc1/C=C/C[C@H](C)[C@@H]1CNC[C@]2(O)[C@H](Oc3ccc4c(=O)c(-c5ccc(O)cc5)coc4c3)O[C@H](C(=O)O)[C@@H](O)[C@]2(C=O)OCSSC[C@@H]1c1cc[nH]c1. The van der Waals surface area contributed by atoms with Crippen molar-refractivity contribution in [1.29, 1.82) is 0 Å². The summed E-state index contributed by atoms with van der Waals surface area (Å²) in [6.07, 6.45) is 7.58. The van der Waals surface area contributed by atoms with E-state index in [-0.39, 0.29) is 63.4 Å². The predicted molar refractivity (Wildman–Crippen MR) is 253 cm³/mol. The molecule has 4 heterocycles. The number of aliphatic hydroxyl groups is 2. The van der Waals surface area contributed by atoms with E-state index in [1.165, 1.54) is 69.3 Å². The van der Waals surface area contributed by atoms with Crippen molar-refractivity contribution < 1.29 is 48.6 Å². The van der Waals surface area contributed by atoms with Crippen LogP contribution in [-0.4, -0.2) is 105 Å². The number of carboxylic acid groups (broad SMARTS) is 1. The van der Waals surface area contributed by atoms with Gasteiger partial charge in [0.05, 0.1) is 10.9 Å². The number of rotatable bonds is 16. The molecule has 16 heteroatoms. The lowest BCUT2D eigenvalue weighted by atomic mass is 9.73. The van der Waals surface area contributed by atoms with Gasteiger partial charge in [-0.15, -0.1) is 0 Å². The maximum Gasteiger partial charge on any atom is 0.335 e. The van der Waals surface area contributed by atoms with Crippen LogP contribution in [0.1, 0.15) is 55.7 Å². The monoisotopic (exact) mass is 927 g/mol. The molecule has 0 unspecified atom stereocenters. The van der Waals surface area contributed by atoms with Gasteiger partial charge in [0.2, 0.25) is 6.29 Å². The number of β-amino-alcohol motifs (C(OH)–C–C–N with tert-alkyl or cyclic N) is 1. The molecule has 0 spiro atoms. The van der Waals surface area contributed by atoms with Crippen molar-refractivity contribution in [2.45, 2.75) is 75.1 Å². The van der Waals surface area contributed by atoms with Gasteiger partial charge in [-0.2, -0.15) is 0 Å². The number of benzene rings is 3. The molecule has 0 amide bonds. The number of phenols is 1. The Hall–Kier alpha value is -4.91. The average Bonchev–Trinajstić information content (AvgIpc) is 3.84. The fourth-order valence-corrected chi connectivity index (χ4v) is 10.9. The molecule has 8 atom stereocenters. The van der Waals surface area contributed by atoms with E-state index in [1.54, 1.807) is 12.1 Å². The number of aromatic nitrogens is 1. The van der Waals surface area contributed by atoms with Crippen LogP contribution in [-0.2, 0) is 25.5 Å². The third kappa shape index (κ3) is 10.7. The zero-order chi connectivity index (χ0) is 46.0. The molecule has 14 nitrogen and oxygen atoms in total. The van der Waals surface area contributed by atoms with Gasteiger partial charge in [0.25, 0.3) is 0 Å². The Morgan fingerprint density at radius 2 is 1.91 bits per heavy atom. The fraction of sp³-hybridized carbons (Fsp3) is 0.408. The number of nitrogens with one attached hydrogen (secondary N) is 3. The first-order valence-corrected chi connectivity index (χ1v) is 24.4. The summed E-state index contributed by atoms with van der Waals surface area (Å²) in [6, 6.07) is 20.9. The van der Waals surface area contributed by atoms with Crippen molar-refractivity contribution in [2.24, 2.45) is 11.8 Å². The van der Waals surface area contributed by atoms with Crippen LogP contribution in [0.25, 0.3) is 28.2 Å². The quantitative estimate of drug-likeness (QED) is 0.0310. The standard InChI is InChI=1S/C49H57N3O11S2/c1-3-20-50-21-7-12-33-10-5-4-9-32(33)11-6-8-31(2)39-25-52-28-48(59)47(62-37-17-18-38-42(23-37)60-26-40(43(38)55)34-13-15-36(54)16-14-34)63-44(46(57)58)45(56)49(48,29-53)61-30-65-64-27-41(39)35-19-22-51-24-35/h4-6,9-11,13-19,22-24,26,29,31,39,41,44-45,47,50-52,54,56,59H,3,7-8,12,20-21,25,27-28,30H2,1-2H3,(H,57,58)/b11-6+/t31-,39-,41+,44-,45+,47+,48-,49-/m0/s1. The number of aromatic amines is 1. The zero-order valence-corrected chi connectivity index (χ0v) is 38.0. The zero-order valence-electron chi connectivity index (χ0n) is 36.4. The molecule has 0 bridgehead atoms. The van der Waals surface area contributed by atoms with E-state index in [4.69, 9.17) is 18.6 Å². The summed E-state index contributed by atoms with van der Waals surface area (Å²) in [5.74, 6) is -0.957. The second-order valence-corrected chi connectivity index (χ2v) is 19.1. The second kappa shape index (κ2) is 22.1. The van der Waals surface area contributed by atoms with Crippen molar-refractivity contribution in [3.8, 4) is 22.6 Å². The molecular weight excluding hydrogens is 871 g/mol. The maximum atomic E-state index is 13.5. The third-order valence-electron chi connectivity index (χ3n) is 12.5. The fourth-order valence-electron chi connectivity index (χ4n) is 8.78. The van der Waals surface area contributed by atoms with Crippen LogP contribution in [0.4, 0.5) is 0 Å². The number of aldehydes is 1. The molecule has 0 aliphatic carbocycles. The number of phenolic OH excluding ortho intramolecular Hbond substituents is 1. The van der Waals surface area contributed by atoms with Crippen molar-refractivity contribution in [3.05, 3.63) is 124 Å². The molecule has 0 saturated carbocycles. The minimum absolute atomic E-state index is 0.00775.